The molecule has 0 fully saturated rings. The van der Waals surface area contributed by atoms with Crippen LogP contribution in [0.5, 0.6) is 0 Å². The third-order valence-corrected chi connectivity index (χ3v) is 3.77. The number of ether oxygens (including phenoxy) is 1. The van der Waals surface area contributed by atoms with Gasteiger partial charge < -0.3 is 9.64 Å². The highest BCUT2D eigenvalue weighted by atomic mass is 35.5. The van der Waals surface area contributed by atoms with Crippen LogP contribution in [0, 0.1) is 6.92 Å². The Hall–Kier alpha value is -2.71. The van der Waals surface area contributed by atoms with E-state index in [4.69, 9.17) is 16.3 Å². The predicted octanol–water partition coefficient (Wildman–Crippen LogP) is 1.56. The third-order valence-electron chi connectivity index (χ3n) is 3.52. The maximum Gasteiger partial charge on any atom is 0.274 e. The molecule has 0 radical (unpaired) electrons. The summed E-state index contributed by atoms with van der Waals surface area (Å²) in [5.74, 6) is 0.437. The van der Waals surface area contributed by atoms with Crippen molar-refractivity contribution in [3.8, 4) is 0 Å². The van der Waals surface area contributed by atoms with Gasteiger partial charge in [0.1, 0.15) is 12.4 Å². The number of fused-ring (bicyclic) bond motifs is 1. The fraction of sp³-hybridized carbons (Fsp3) is 0.250. The molecular weight excluding hydrogens is 346 g/mol. The summed E-state index contributed by atoms with van der Waals surface area (Å²) in [6.07, 6.45) is 0. The summed E-state index contributed by atoms with van der Waals surface area (Å²) in [5.41, 5.74) is 0.957. The van der Waals surface area contributed by atoms with E-state index in [2.05, 4.69) is 15.1 Å². The second-order valence-electron chi connectivity index (χ2n) is 5.43. The monoisotopic (exact) mass is 361 g/mol. The van der Waals surface area contributed by atoms with Gasteiger partial charge in [0.2, 0.25) is 0 Å². The van der Waals surface area contributed by atoms with Crippen molar-refractivity contribution in [2.75, 3.05) is 18.6 Å². The second kappa shape index (κ2) is 7.04. The van der Waals surface area contributed by atoms with Gasteiger partial charge in [0.05, 0.1) is 6.54 Å². The zero-order valence-corrected chi connectivity index (χ0v) is 14.4. The summed E-state index contributed by atoms with van der Waals surface area (Å²) >= 11 is 5.91. The number of H-pyrrole nitrogens is 1. The summed E-state index contributed by atoms with van der Waals surface area (Å²) in [7, 11) is 1.45. The number of halogens is 1. The van der Waals surface area contributed by atoms with Crippen LogP contribution in [-0.2, 0) is 16.1 Å². The Morgan fingerprint density at radius 1 is 1.32 bits per heavy atom. The van der Waals surface area contributed by atoms with Gasteiger partial charge in [-0.25, -0.2) is 4.98 Å². The van der Waals surface area contributed by atoms with Crippen LogP contribution in [0.1, 0.15) is 11.5 Å². The number of aromatic nitrogens is 4. The number of aryl methyl sites for hydroxylation is 1. The quantitative estimate of drug-likeness (QED) is 0.744. The Labute approximate surface area is 148 Å². The topological polar surface area (TPSA) is 92.6 Å². The molecule has 2 aromatic heterocycles. The fourth-order valence-corrected chi connectivity index (χ4v) is 2.53. The first-order chi connectivity index (χ1) is 12.0. The Morgan fingerprint density at radius 2 is 2.04 bits per heavy atom. The van der Waals surface area contributed by atoms with Crippen LogP contribution in [0.15, 0.2) is 35.1 Å². The van der Waals surface area contributed by atoms with Crippen LogP contribution in [0.4, 0.5) is 5.69 Å². The van der Waals surface area contributed by atoms with E-state index in [1.54, 1.807) is 31.2 Å². The Bertz CT molecular complexity index is 964. The Morgan fingerprint density at radius 3 is 2.72 bits per heavy atom. The number of carbonyl (C=O) groups excluding carboxylic acids is 1. The molecule has 0 unspecified atom stereocenters. The SMILES string of the molecule is COCC(=O)N(Cc1nc2nc(C)cc(=O)n2[nH]1)c1ccc(Cl)cc1. The molecule has 130 valence electrons. The molecule has 0 bridgehead atoms. The van der Waals surface area contributed by atoms with Gasteiger partial charge in [0, 0.05) is 29.6 Å². The lowest BCUT2D eigenvalue weighted by Crippen LogP contribution is -2.33. The van der Waals surface area contributed by atoms with Crippen LogP contribution in [0.3, 0.4) is 0 Å². The number of hydrogen-bond acceptors (Lipinski definition) is 5. The number of methoxy groups -OCH3 is 1. The van der Waals surface area contributed by atoms with Crippen LogP contribution in [0.2, 0.25) is 5.02 Å². The number of nitrogens with one attached hydrogen (secondary N) is 1. The zero-order chi connectivity index (χ0) is 18.0. The van der Waals surface area contributed by atoms with E-state index in [1.165, 1.54) is 22.6 Å². The van der Waals surface area contributed by atoms with Crippen molar-refractivity contribution in [2.24, 2.45) is 0 Å². The van der Waals surface area contributed by atoms with Crippen molar-refractivity contribution in [1.29, 1.82) is 0 Å². The summed E-state index contributed by atoms with van der Waals surface area (Å²) in [6.45, 7) is 1.77. The minimum Gasteiger partial charge on any atom is -0.375 e. The van der Waals surface area contributed by atoms with E-state index in [1.807, 2.05) is 0 Å². The average Bonchev–Trinajstić information content (AvgIpc) is 2.97. The van der Waals surface area contributed by atoms with E-state index in [-0.39, 0.29) is 30.4 Å². The van der Waals surface area contributed by atoms with Crippen molar-refractivity contribution >= 4 is 29.0 Å². The number of amides is 1. The largest absolute Gasteiger partial charge is 0.375 e. The standard InChI is InChI=1S/C16H16ClN5O3/c1-10-7-14(23)22-16(18-10)19-13(20-22)8-21(15(24)9-25-2)12-5-3-11(17)4-6-12/h3-7H,8-9H2,1-2H3,(H,18,19,20). The molecule has 1 N–H and O–H groups in total. The van der Waals surface area contributed by atoms with Crippen molar-refractivity contribution in [1.82, 2.24) is 19.6 Å². The summed E-state index contributed by atoms with van der Waals surface area (Å²) in [5, 5.41) is 3.44. The highest BCUT2D eigenvalue weighted by molar-refractivity contribution is 6.30. The first-order valence-electron chi connectivity index (χ1n) is 7.48. The Kier molecular flexibility index (Phi) is 4.82. The molecule has 3 aromatic rings. The minimum absolute atomic E-state index is 0.0832. The molecule has 0 saturated carbocycles. The van der Waals surface area contributed by atoms with Crippen molar-refractivity contribution in [2.45, 2.75) is 13.5 Å². The molecule has 1 aromatic carbocycles. The lowest BCUT2D eigenvalue weighted by Gasteiger charge is -2.21. The molecule has 8 nitrogen and oxygen atoms in total. The van der Waals surface area contributed by atoms with Crippen LogP contribution < -0.4 is 10.5 Å². The first-order valence-corrected chi connectivity index (χ1v) is 7.86. The average molecular weight is 362 g/mol. The lowest BCUT2D eigenvalue weighted by atomic mass is 10.2. The van der Waals surface area contributed by atoms with E-state index in [0.717, 1.165) is 0 Å². The van der Waals surface area contributed by atoms with Gasteiger partial charge in [-0.1, -0.05) is 11.6 Å². The maximum absolute atomic E-state index is 12.4. The zero-order valence-electron chi connectivity index (χ0n) is 13.7. The molecular formula is C16H16ClN5O3. The molecule has 2 heterocycles. The van der Waals surface area contributed by atoms with Crippen LogP contribution in [-0.4, -0.2) is 39.2 Å². The summed E-state index contributed by atoms with van der Waals surface area (Å²) in [6, 6.07) is 8.25. The predicted molar refractivity (Wildman–Crippen MR) is 92.9 cm³/mol. The summed E-state index contributed by atoms with van der Waals surface area (Å²) < 4.78 is 6.19. The molecule has 0 aliphatic rings. The van der Waals surface area contributed by atoms with Crippen LogP contribution >= 0.6 is 11.6 Å². The number of nitrogens with zero attached hydrogens (tertiary/aromatic N) is 4. The maximum atomic E-state index is 12.4. The second-order valence-corrected chi connectivity index (χ2v) is 5.87. The number of hydrogen-bond donors (Lipinski definition) is 1. The van der Waals surface area contributed by atoms with Crippen molar-refractivity contribution in [3.05, 3.63) is 57.2 Å². The Balaban J connectivity index is 1.97. The van der Waals surface area contributed by atoms with E-state index >= 15 is 0 Å². The van der Waals surface area contributed by atoms with Gasteiger partial charge in [-0.15, -0.1) is 0 Å². The fourth-order valence-electron chi connectivity index (χ4n) is 2.40. The van der Waals surface area contributed by atoms with Crippen molar-refractivity contribution < 1.29 is 9.53 Å². The van der Waals surface area contributed by atoms with Gasteiger partial charge in [-0.2, -0.15) is 9.50 Å². The molecule has 9 heteroatoms. The molecule has 0 aliphatic heterocycles. The lowest BCUT2D eigenvalue weighted by molar-refractivity contribution is -0.122. The number of carbonyl (C=O) groups is 1. The first kappa shape index (κ1) is 17.1. The normalized spacial score (nSPS) is 11.0. The molecule has 0 saturated heterocycles. The summed E-state index contributed by atoms with van der Waals surface area (Å²) in [4.78, 5) is 34.4. The number of benzene rings is 1. The van der Waals surface area contributed by atoms with Gasteiger partial charge in [-0.3, -0.25) is 14.7 Å². The van der Waals surface area contributed by atoms with Gasteiger partial charge in [0.15, 0.2) is 0 Å². The van der Waals surface area contributed by atoms with Gasteiger partial charge in [0.25, 0.3) is 17.2 Å². The third kappa shape index (κ3) is 3.70. The van der Waals surface area contributed by atoms with E-state index in [9.17, 15) is 9.59 Å². The molecule has 25 heavy (non-hydrogen) atoms. The minimum atomic E-state index is -0.262. The van der Waals surface area contributed by atoms with Gasteiger partial charge >= 0.3 is 0 Å². The number of rotatable bonds is 5. The highest BCUT2D eigenvalue weighted by Crippen LogP contribution is 2.20. The van der Waals surface area contributed by atoms with Crippen LogP contribution in [0.25, 0.3) is 5.78 Å². The van der Waals surface area contributed by atoms with E-state index in [0.29, 0.717) is 22.2 Å². The molecule has 1 amide bonds. The molecule has 3 rings (SSSR count). The molecule has 0 spiro atoms. The van der Waals surface area contributed by atoms with E-state index < -0.39 is 0 Å². The molecule has 0 aliphatic carbocycles. The van der Waals surface area contributed by atoms with Crippen molar-refractivity contribution in [3.63, 3.8) is 0 Å². The number of anilines is 1. The number of aromatic amines is 1. The highest BCUT2D eigenvalue weighted by Gasteiger charge is 2.18. The van der Waals surface area contributed by atoms with Gasteiger partial charge in [-0.05, 0) is 31.2 Å². The molecule has 0 atom stereocenters. The smallest absolute Gasteiger partial charge is 0.274 e.